The zero-order valence-electron chi connectivity index (χ0n) is 28.6. The van der Waals surface area contributed by atoms with Crippen molar-refractivity contribution in [3.63, 3.8) is 0 Å². The van der Waals surface area contributed by atoms with Gasteiger partial charge in [0.15, 0.2) is 0 Å². The fourth-order valence-electron chi connectivity index (χ4n) is 8.10. The van der Waals surface area contributed by atoms with Crippen molar-refractivity contribution < 1.29 is 18.7 Å². The molecule has 2 saturated heterocycles. The molecule has 4 heterocycles. The van der Waals surface area contributed by atoms with Crippen LogP contribution >= 0.6 is 0 Å². The third kappa shape index (κ3) is 6.32. The lowest BCUT2D eigenvalue weighted by atomic mass is 9.75. The summed E-state index contributed by atoms with van der Waals surface area (Å²) in [6, 6.07) is 10.4. The first-order valence-electron chi connectivity index (χ1n) is 17.3. The molecule has 2 aromatic carbocycles. The summed E-state index contributed by atoms with van der Waals surface area (Å²) < 4.78 is 28.4. The number of H-pyrrole nitrogens is 1. The molecule has 1 amide bonds. The van der Waals surface area contributed by atoms with Crippen molar-refractivity contribution in [1.82, 2.24) is 10.3 Å². The van der Waals surface area contributed by atoms with Crippen LogP contribution in [0.15, 0.2) is 35.1 Å². The van der Waals surface area contributed by atoms with Gasteiger partial charge in [0.05, 0.1) is 5.56 Å². The fourth-order valence-corrected chi connectivity index (χ4v) is 8.10. The van der Waals surface area contributed by atoms with Crippen LogP contribution in [0.5, 0.6) is 0 Å². The van der Waals surface area contributed by atoms with Gasteiger partial charge in [-0.1, -0.05) is 19.1 Å². The Balaban J connectivity index is 1.45. The topological polar surface area (TPSA) is 86.9 Å². The van der Waals surface area contributed by atoms with E-state index in [1.807, 2.05) is 39.0 Å². The molecule has 6 rings (SSSR count). The Morgan fingerprint density at radius 1 is 1.06 bits per heavy atom. The monoisotopic (exact) mass is 644 g/mol. The third-order valence-electron chi connectivity index (χ3n) is 10.6. The minimum Gasteiger partial charge on any atom is -0.381 e. The number of carbonyl (C=O) groups excluding carboxylic acids is 1. The van der Waals surface area contributed by atoms with Crippen molar-refractivity contribution in [2.24, 2.45) is 0 Å². The van der Waals surface area contributed by atoms with Gasteiger partial charge in [-0.15, -0.1) is 0 Å². The second kappa shape index (κ2) is 13.8. The summed E-state index contributed by atoms with van der Waals surface area (Å²) in [4.78, 5) is 34.3. The van der Waals surface area contributed by atoms with Gasteiger partial charge in [0.25, 0.3) is 11.5 Å². The number of fused-ring (bicyclic) bond motifs is 2. The third-order valence-corrected chi connectivity index (χ3v) is 10.6. The maximum atomic E-state index is 16.9. The number of aromatic nitrogens is 1. The number of aromatic amines is 1. The predicted octanol–water partition coefficient (Wildman–Crippen LogP) is 6.32. The molecule has 9 heteroatoms. The highest BCUT2D eigenvalue weighted by molar-refractivity contribution is 5.99. The molecular weight excluding hydrogens is 595 g/mol. The van der Waals surface area contributed by atoms with Gasteiger partial charge in [-0.05, 0) is 100 Å². The van der Waals surface area contributed by atoms with Crippen LogP contribution in [0.4, 0.5) is 15.8 Å². The number of aryl methyl sites for hydroxylation is 2. The van der Waals surface area contributed by atoms with Crippen LogP contribution in [0.3, 0.4) is 0 Å². The molecule has 0 atom stereocenters. The molecule has 8 nitrogen and oxygen atoms in total. The van der Waals surface area contributed by atoms with E-state index in [9.17, 15) is 9.59 Å². The zero-order valence-corrected chi connectivity index (χ0v) is 28.6. The van der Waals surface area contributed by atoms with E-state index in [0.717, 1.165) is 86.6 Å². The molecule has 0 aliphatic carbocycles. The van der Waals surface area contributed by atoms with Crippen molar-refractivity contribution in [1.29, 1.82) is 0 Å². The average Bonchev–Trinajstić information content (AvgIpc) is 3.34. The fraction of sp³-hybridized carbons (Fsp3) is 0.526. The quantitative estimate of drug-likeness (QED) is 0.284. The van der Waals surface area contributed by atoms with Crippen LogP contribution in [-0.2, 0) is 21.4 Å². The van der Waals surface area contributed by atoms with E-state index in [2.05, 4.69) is 46.1 Å². The first-order valence-corrected chi connectivity index (χ1v) is 17.3. The molecule has 47 heavy (non-hydrogen) atoms. The summed E-state index contributed by atoms with van der Waals surface area (Å²) in [6.45, 7) is 15.3. The number of anilines is 2. The van der Waals surface area contributed by atoms with E-state index in [1.54, 1.807) is 0 Å². The highest BCUT2D eigenvalue weighted by Crippen LogP contribution is 2.48. The number of nitrogens with one attached hydrogen (secondary N) is 2. The summed E-state index contributed by atoms with van der Waals surface area (Å²) in [5, 5.41) is 2.89. The SMILES string of the molecule is CCCN1CC2(CCOCC2)c2ccc(-c3cc(N(CC)C4CCOCC4)c(C)c(C(=O)NCc4c(C)cc(C)[nH]c4=O)c3F)cc21. The van der Waals surface area contributed by atoms with E-state index in [1.165, 1.54) is 5.56 Å². The number of hydrogen-bond acceptors (Lipinski definition) is 6. The number of pyridine rings is 1. The van der Waals surface area contributed by atoms with Gasteiger partial charge in [-0.3, -0.25) is 9.59 Å². The van der Waals surface area contributed by atoms with Gasteiger partial charge in [0, 0.05) is 92.3 Å². The molecule has 3 aliphatic heterocycles. The minimum absolute atomic E-state index is 0.00674. The van der Waals surface area contributed by atoms with E-state index in [4.69, 9.17) is 9.47 Å². The first-order chi connectivity index (χ1) is 22.7. The number of hydrogen-bond donors (Lipinski definition) is 2. The maximum Gasteiger partial charge on any atom is 0.254 e. The van der Waals surface area contributed by atoms with Gasteiger partial charge in [-0.25, -0.2) is 4.39 Å². The molecule has 1 aromatic heterocycles. The number of nitrogens with zero attached hydrogens (tertiary/aromatic N) is 2. The number of amides is 1. The van der Waals surface area contributed by atoms with Crippen molar-refractivity contribution in [3.05, 3.63) is 80.0 Å². The molecule has 3 aromatic rings. The lowest BCUT2D eigenvalue weighted by Gasteiger charge is -2.37. The number of rotatable bonds is 9. The smallest absolute Gasteiger partial charge is 0.254 e. The summed E-state index contributed by atoms with van der Waals surface area (Å²) in [5.41, 5.74) is 6.94. The average molecular weight is 645 g/mol. The van der Waals surface area contributed by atoms with Gasteiger partial charge >= 0.3 is 0 Å². The second-order valence-corrected chi connectivity index (χ2v) is 13.6. The molecule has 252 valence electrons. The molecule has 2 N–H and O–H groups in total. The molecule has 3 aliphatic rings. The molecule has 0 bridgehead atoms. The Morgan fingerprint density at radius 3 is 2.47 bits per heavy atom. The highest BCUT2D eigenvalue weighted by atomic mass is 19.1. The highest BCUT2D eigenvalue weighted by Gasteiger charge is 2.43. The molecule has 0 saturated carbocycles. The molecule has 0 unspecified atom stereocenters. The van der Waals surface area contributed by atoms with E-state index < -0.39 is 11.7 Å². The first kappa shape index (κ1) is 33.2. The standard InChI is InChI=1S/C38H49FN4O4/c1-6-14-42-23-38(12-17-47-18-13-38)31-9-8-27(20-33(31)42)29-21-32(43(7-2)28-10-15-46-16-11-28)26(5)34(35(29)39)37(45)40-22-30-24(3)19-25(4)41-36(30)44/h8-9,19-21,28H,6-7,10-18,22-23H2,1-5H3,(H,40,45)(H,41,44). The largest absolute Gasteiger partial charge is 0.381 e. The molecule has 1 spiro atoms. The summed E-state index contributed by atoms with van der Waals surface area (Å²) in [6.07, 6.45) is 4.71. The molecular formula is C38H49FN4O4. The summed E-state index contributed by atoms with van der Waals surface area (Å²) >= 11 is 0. The van der Waals surface area contributed by atoms with Gasteiger partial charge in [0.1, 0.15) is 5.82 Å². The summed E-state index contributed by atoms with van der Waals surface area (Å²) in [5.74, 6) is -1.07. The lowest BCUT2D eigenvalue weighted by Crippen LogP contribution is -2.40. The Labute approximate surface area is 277 Å². The Morgan fingerprint density at radius 2 is 1.79 bits per heavy atom. The van der Waals surface area contributed by atoms with Crippen LogP contribution in [-0.4, -0.2) is 63.0 Å². The maximum absolute atomic E-state index is 16.9. The van der Waals surface area contributed by atoms with Gasteiger partial charge in [0.2, 0.25) is 0 Å². The minimum atomic E-state index is -0.540. The number of halogens is 1. The van der Waals surface area contributed by atoms with E-state index in [0.29, 0.717) is 36.4 Å². The van der Waals surface area contributed by atoms with Crippen LogP contribution < -0.4 is 20.7 Å². The Hall–Kier alpha value is -3.69. The Bertz CT molecular complexity index is 1690. The number of carbonyl (C=O) groups is 1. The predicted molar refractivity (Wildman–Crippen MR) is 185 cm³/mol. The second-order valence-electron chi connectivity index (χ2n) is 13.6. The molecule has 0 radical (unpaired) electrons. The zero-order chi connectivity index (χ0) is 33.3. The van der Waals surface area contributed by atoms with Crippen molar-refractivity contribution in [2.45, 2.75) is 84.7 Å². The number of ether oxygens (including phenoxy) is 2. The van der Waals surface area contributed by atoms with Crippen LogP contribution in [0.2, 0.25) is 0 Å². The lowest BCUT2D eigenvalue weighted by molar-refractivity contribution is 0.0553. The van der Waals surface area contributed by atoms with Gasteiger partial charge in [-0.2, -0.15) is 0 Å². The van der Waals surface area contributed by atoms with Crippen LogP contribution in [0, 0.1) is 26.6 Å². The van der Waals surface area contributed by atoms with Crippen molar-refractivity contribution >= 4 is 17.3 Å². The van der Waals surface area contributed by atoms with Crippen molar-refractivity contribution in [3.8, 4) is 11.1 Å². The number of benzene rings is 2. The van der Waals surface area contributed by atoms with Crippen LogP contribution in [0.1, 0.15) is 84.3 Å². The summed E-state index contributed by atoms with van der Waals surface area (Å²) in [7, 11) is 0. The normalized spacial score (nSPS) is 17.6. The van der Waals surface area contributed by atoms with Gasteiger partial charge < -0.3 is 29.6 Å². The Kier molecular flexibility index (Phi) is 9.76. The van der Waals surface area contributed by atoms with E-state index in [-0.39, 0.29) is 29.1 Å². The van der Waals surface area contributed by atoms with Crippen molar-refractivity contribution in [2.75, 3.05) is 55.9 Å². The molecule has 2 fully saturated rings. The van der Waals surface area contributed by atoms with E-state index >= 15 is 4.39 Å². The van der Waals surface area contributed by atoms with Crippen LogP contribution in [0.25, 0.3) is 11.1 Å².